The summed E-state index contributed by atoms with van der Waals surface area (Å²) in [4.78, 5) is 37.7. The van der Waals surface area contributed by atoms with Crippen molar-refractivity contribution in [3.05, 3.63) is 35.9 Å². The number of ether oxygens (including phenoxy) is 2. The van der Waals surface area contributed by atoms with E-state index in [1.165, 1.54) is 0 Å². The number of alkyl halides is 6. The SMILES string of the molecule is CC(C)CC(NC(=O)[C@H](CC(C)C)NC(=O)OCc1ccccc1)C(=O)COC(C(F)(F)F)C(F)(F)F. The quantitative estimate of drug-likeness (QED) is 0.345. The van der Waals surface area contributed by atoms with Crippen LogP contribution in [-0.4, -0.2) is 54.9 Å². The molecule has 1 aromatic carbocycles. The average molecular weight is 543 g/mol. The largest absolute Gasteiger partial charge is 0.445 e. The standard InChI is InChI=1S/C24H32F6N2O5/c1-14(2)10-17(19(33)13-36-21(23(25,26)27)24(28,29)30)31-20(34)18(11-15(3)4)32-22(35)37-12-16-8-6-5-7-9-16/h5-9,14-15,17-18,21H,10-13H2,1-4H3,(H,31,34)(H,32,35)/t17?,18-/m0/s1. The molecular weight excluding hydrogens is 510 g/mol. The monoisotopic (exact) mass is 542 g/mol. The molecule has 0 aliphatic heterocycles. The summed E-state index contributed by atoms with van der Waals surface area (Å²) < 4.78 is 85.4. The van der Waals surface area contributed by atoms with E-state index in [4.69, 9.17) is 4.74 Å². The summed E-state index contributed by atoms with van der Waals surface area (Å²) >= 11 is 0. The van der Waals surface area contributed by atoms with E-state index in [9.17, 15) is 40.7 Å². The van der Waals surface area contributed by atoms with Crippen molar-refractivity contribution in [3.63, 3.8) is 0 Å². The van der Waals surface area contributed by atoms with E-state index >= 15 is 0 Å². The third kappa shape index (κ3) is 12.3. The lowest BCUT2D eigenvalue weighted by atomic mass is 9.98. The highest BCUT2D eigenvalue weighted by atomic mass is 19.4. The summed E-state index contributed by atoms with van der Waals surface area (Å²) in [6.07, 6.45) is -16.6. The molecule has 0 saturated heterocycles. The number of hydrogen-bond acceptors (Lipinski definition) is 5. The molecule has 0 heterocycles. The highest BCUT2D eigenvalue weighted by Crippen LogP contribution is 2.35. The summed E-state index contributed by atoms with van der Waals surface area (Å²) in [5, 5.41) is 4.73. The second kappa shape index (κ2) is 14.2. The van der Waals surface area contributed by atoms with Crippen LogP contribution in [0.1, 0.15) is 46.1 Å². The molecule has 37 heavy (non-hydrogen) atoms. The first-order valence-electron chi connectivity index (χ1n) is 11.6. The molecular formula is C24H32F6N2O5. The molecule has 0 fully saturated rings. The molecule has 0 saturated carbocycles. The molecule has 210 valence electrons. The van der Waals surface area contributed by atoms with Crippen LogP contribution < -0.4 is 10.6 Å². The van der Waals surface area contributed by atoms with Gasteiger partial charge in [-0.05, 0) is 30.2 Å². The van der Waals surface area contributed by atoms with Gasteiger partial charge in [0.15, 0.2) is 5.78 Å². The van der Waals surface area contributed by atoms with Crippen LogP contribution in [0.3, 0.4) is 0 Å². The number of carbonyl (C=O) groups is 3. The Morgan fingerprint density at radius 2 is 1.32 bits per heavy atom. The van der Waals surface area contributed by atoms with Gasteiger partial charge in [0.05, 0.1) is 6.04 Å². The third-order valence-electron chi connectivity index (χ3n) is 4.93. The van der Waals surface area contributed by atoms with Gasteiger partial charge in [-0.2, -0.15) is 26.3 Å². The molecule has 1 unspecified atom stereocenters. The van der Waals surface area contributed by atoms with Gasteiger partial charge in [-0.25, -0.2) is 4.79 Å². The Kier molecular flexibility index (Phi) is 12.4. The lowest BCUT2D eigenvalue weighted by molar-refractivity contribution is -0.319. The summed E-state index contributed by atoms with van der Waals surface area (Å²) in [6, 6.07) is 6.09. The molecule has 1 aromatic rings. The van der Waals surface area contributed by atoms with Crippen LogP contribution in [0.2, 0.25) is 0 Å². The maximum Gasteiger partial charge on any atom is 0.423 e. The molecule has 13 heteroatoms. The van der Waals surface area contributed by atoms with Crippen molar-refractivity contribution >= 4 is 17.8 Å². The van der Waals surface area contributed by atoms with E-state index in [1.54, 1.807) is 58.0 Å². The second-order valence-corrected chi connectivity index (χ2v) is 9.32. The van der Waals surface area contributed by atoms with Gasteiger partial charge in [0, 0.05) is 0 Å². The van der Waals surface area contributed by atoms with Crippen molar-refractivity contribution < 1.29 is 50.2 Å². The van der Waals surface area contributed by atoms with Crippen molar-refractivity contribution in [2.75, 3.05) is 6.61 Å². The Morgan fingerprint density at radius 3 is 1.81 bits per heavy atom. The van der Waals surface area contributed by atoms with Crippen LogP contribution in [0.25, 0.3) is 0 Å². The van der Waals surface area contributed by atoms with Crippen LogP contribution in [0.15, 0.2) is 30.3 Å². The van der Waals surface area contributed by atoms with E-state index in [0.29, 0.717) is 5.56 Å². The van der Waals surface area contributed by atoms with Crippen LogP contribution in [0, 0.1) is 11.8 Å². The van der Waals surface area contributed by atoms with Crippen molar-refractivity contribution in [1.29, 1.82) is 0 Å². The molecule has 2 atom stereocenters. The zero-order valence-electron chi connectivity index (χ0n) is 20.9. The van der Waals surface area contributed by atoms with Gasteiger partial charge in [-0.15, -0.1) is 0 Å². The minimum atomic E-state index is -5.78. The first-order chi connectivity index (χ1) is 17.0. The number of amides is 2. The number of rotatable bonds is 13. The molecule has 7 nitrogen and oxygen atoms in total. The number of ketones is 1. The minimum Gasteiger partial charge on any atom is -0.445 e. The molecule has 0 aliphatic carbocycles. The Labute approximate surface area is 211 Å². The molecule has 0 aliphatic rings. The second-order valence-electron chi connectivity index (χ2n) is 9.32. The molecule has 1 rings (SSSR count). The normalized spacial score (nSPS) is 14.0. The number of hydrogen-bond donors (Lipinski definition) is 2. The zero-order chi connectivity index (χ0) is 28.4. The van der Waals surface area contributed by atoms with Crippen molar-refractivity contribution in [2.24, 2.45) is 11.8 Å². The fourth-order valence-electron chi connectivity index (χ4n) is 3.27. The Hall–Kier alpha value is -2.83. The van der Waals surface area contributed by atoms with E-state index in [1.807, 2.05) is 0 Å². The van der Waals surface area contributed by atoms with Crippen molar-refractivity contribution in [2.45, 2.75) is 77.7 Å². The van der Waals surface area contributed by atoms with Gasteiger partial charge in [-0.1, -0.05) is 58.0 Å². The summed E-state index contributed by atoms with van der Waals surface area (Å²) in [7, 11) is 0. The molecule has 0 spiro atoms. The van der Waals surface area contributed by atoms with E-state index in [-0.39, 0.29) is 31.3 Å². The lowest BCUT2D eigenvalue weighted by Gasteiger charge is -2.26. The van der Waals surface area contributed by atoms with Gasteiger partial charge in [0.1, 0.15) is 19.3 Å². The van der Waals surface area contributed by atoms with Gasteiger partial charge in [-0.3, -0.25) is 9.59 Å². The van der Waals surface area contributed by atoms with Gasteiger partial charge < -0.3 is 20.1 Å². The van der Waals surface area contributed by atoms with Crippen LogP contribution in [0.5, 0.6) is 0 Å². The van der Waals surface area contributed by atoms with Crippen molar-refractivity contribution in [3.8, 4) is 0 Å². The number of carbonyl (C=O) groups excluding carboxylic acids is 3. The van der Waals surface area contributed by atoms with Crippen LogP contribution >= 0.6 is 0 Å². The lowest BCUT2D eigenvalue weighted by Crippen LogP contribution is -2.53. The summed E-state index contributed by atoms with van der Waals surface area (Å²) in [5.41, 5.74) is 0.695. The first-order valence-corrected chi connectivity index (χ1v) is 11.6. The highest BCUT2D eigenvalue weighted by molar-refractivity contribution is 5.92. The van der Waals surface area contributed by atoms with E-state index in [2.05, 4.69) is 15.4 Å². The molecule has 2 N–H and O–H groups in total. The first kappa shape index (κ1) is 32.2. The van der Waals surface area contributed by atoms with Crippen molar-refractivity contribution in [1.82, 2.24) is 10.6 Å². The smallest absolute Gasteiger partial charge is 0.423 e. The fourth-order valence-corrected chi connectivity index (χ4v) is 3.27. The Balaban J connectivity index is 2.90. The highest BCUT2D eigenvalue weighted by Gasteiger charge is 2.58. The van der Waals surface area contributed by atoms with E-state index < -0.39 is 54.9 Å². The van der Waals surface area contributed by atoms with Gasteiger partial charge >= 0.3 is 18.4 Å². The molecule has 0 aromatic heterocycles. The Bertz CT molecular complexity index is 861. The molecule has 2 amide bonds. The molecule has 0 radical (unpaired) electrons. The maximum atomic E-state index is 12.9. The van der Waals surface area contributed by atoms with E-state index in [0.717, 1.165) is 0 Å². The maximum absolute atomic E-state index is 12.9. The summed E-state index contributed by atoms with van der Waals surface area (Å²) in [5.74, 6) is -2.38. The van der Waals surface area contributed by atoms with Gasteiger partial charge in [0.25, 0.3) is 0 Å². The number of benzene rings is 1. The number of halogens is 6. The topological polar surface area (TPSA) is 93.7 Å². The predicted molar refractivity (Wildman–Crippen MR) is 121 cm³/mol. The predicted octanol–water partition coefficient (Wildman–Crippen LogP) is 4.94. The summed E-state index contributed by atoms with van der Waals surface area (Å²) in [6.45, 7) is 5.21. The number of nitrogens with one attached hydrogen (secondary N) is 2. The van der Waals surface area contributed by atoms with Gasteiger partial charge in [0.2, 0.25) is 12.0 Å². The average Bonchev–Trinajstić information content (AvgIpc) is 2.75. The van der Waals surface area contributed by atoms with Crippen LogP contribution in [0.4, 0.5) is 31.1 Å². The zero-order valence-corrected chi connectivity index (χ0v) is 20.9. The Morgan fingerprint density at radius 1 is 0.811 bits per heavy atom. The number of alkyl carbamates (subject to hydrolysis) is 1. The van der Waals surface area contributed by atoms with Crippen LogP contribution in [-0.2, 0) is 25.7 Å². The fraction of sp³-hybridized carbons (Fsp3) is 0.625. The number of Topliss-reactive ketones (excluding diaryl/α,β-unsaturated/α-hetero) is 1. The molecule has 0 bridgehead atoms. The third-order valence-corrected chi connectivity index (χ3v) is 4.93. The minimum absolute atomic E-state index is 0.0753.